The second-order valence-electron chi connectivity index (χ2n) is 8.19. The van der Waals surface area contributed by atoms with Gasteiger partial charge >= 0.3 is 0 Å². The van der Waals surface area contributed by atoms with Crippen LogP contribution < -0.4 is 10.6 Å². The standard InChI is InChI=1S/C24H27N5O3S/c1-29-17-20(16-27-29)23-8-11-25-15-19(23)4-7-24(30)28-22-5-2-18(3-6-22)14-26-21-9-12-33(31,32)13-10-21/h2-8,11,15-17,21,26H,9-10,12-14H2,1H3,(H,28,30). The van der Waals surface area contributed by atoms with Gasteiger partial charge in [0.05, 0.1) is 17.7 Å². The largest absolute Gasteiger partial charge is 0.323 e. The Labute approximate surface area is 193 Å². The summed E-state index contributed by atoms with van der Waals surface area (Å²) in [6, 6.07) is 9.75. The quantitative estimate of drug-likeness (QED) is 0.520. The second-order valence-corrected chi connectivity index (χ2v) is 10.5. The van der Waals surface area contributed by atoms with E-state index in [0.717, 1.165) is 22.3 Å². The molecule has 4 rings (SSSR count). The average Bonchev–Trinajstić information content (AvgIpc) is 3.24. The normalized spacial score (nSPS) is 16.2. The Bertz CT molecular complexity index is 1240. The fourth-order valence-electron chi connectivity index (χ4n) is 3.77. The van der Waals surface area contributed by atoms with Gasteiger partial charge in [-0.3, -0.25) is 14.5 Å². The van der Waals surface area contributed by atoms with Gasteiger partial charge in [0, 0.05) is 61.1 Å². The van der Waals surface area contributed by atoms with Crippen LogP contribution in [0.3, 0.4) is 0 Å². The first-order chi connectivity index (χ1) is 15.9. The van der Waals surface area contributed by atoms with Crippen molar-refractivity contribution < 1.29 is 13.2 Å². The van der Waals surface area contributed by atoms with E-state index in [1.165, 1.54) is 6.08 Å². The van der Waals surface area contributed by atoms with Crippen LogP contribution in [0, 0.1) is 0 Å². The van der Waals surface area contributed by atoms with Gasteiger partial charge in [-0.2, -0.15) is 5.10 Å². The molecule has 172 valence electrons. The highest BCUT2D eigenvalue weighted by atomic mass is 32.2. The van der Waals surface area contributed by atoms with Crippen LogP contribution in [0.4, 0.5) is 5.69 Å². The van der Waals surface area contributed by atoms with Crippen LogP contribution in [0.1, 0.15) is 24.0 Å². The van der Waals surface area contributed by atoms with Crippen molar-refractivity contribution >= 4 is 27.5 Å². The zero-order valence-corrected chi connectivity index (χ0v) is 19.3. The van der Waals surface area contributed by atoms with Crippen LogP contribution in [0.2, 0.25) is 0 Å². The minimum atomic E-state index is -2.85. The lowest BCUT2D eigenvalue weighted by Crippen LogP contribution is -2.37. The fourth-order valence-corrected chi connectivity index (χ4v) is 5.27. The fraction of sp³-hybridized carbons (Fsp3) is 0.292. The number of aryl methyl sites for hydroxylation is 1. The van der Waals surface area contributed by atoms with Crippen LogP contribution >= 0.6 is 0 Å². The van der Waals surface area contributed by atoms with E-state index >= 15 is 0 Å². The van der Waals surface area contributed by atoms with Gasteiger partial charge in [0.15, 0.2) is 0 Å². The minimum Gasteiger partial charge on any atom is -0.323 e. The van der Waals surface area contributed by atoms with Crippen LogP contribution in [0.15, 0.2) is 61.2 Å². The van der Waals surface area contributed by atoms with E-state index in [2.05, 4.69) is 20.7 Å². The second kappa shape index (κ2) is 10.1. The van der Waals surface area contributed by atoms with Crippen molar-refractivity contribution in [3.05, 3.63) is 72.3 Å². The number of pyridine rings is 1. The number of amides is 1. The molecule has 0 aliphatic carbocycles. The SMILES string of the molecule is Cn1cc(-c2ccncc2C=CC(=O)Nc2ccc(CNC3CCS(=O)(=O)CC3)cc2)cn1. The lowest BCUT2D eigenvalue weighted by molar-refractivity contribution is -0.111. The van der Waals surface area contributed by atoms with E-state index in [9.17, 15) is 13.2 Å². The summed E-state index contributed by atoms with van der Waals surface area (Å²) in [7, 11) is -0.988. The maximum atomic E-state index is 12.4. The van der Waals surface area contributed by atoms with Gasteiger partial charge in [0.2, 0.25) is 5.91 Å². The summed E-state index contributed by atoms with van der Waals surface area (Å²) >= 11 is 0. The Morgan fingerprint density at radius 3 is 2.61 bits per heavy atom. The predicted molar refractivity (Wildman–Crippen MR) is 129 cm³/mol. The topological polar surface area (TPSA) is 106 Å². The Morgan fingerprint density at radius 2 is 1.91 bits per heavy atom. The summed E-state index contributed by atoms with van der Waals surface area (Å²) in [6.07, 6.45) is 11.7. The predicted octanol–water partition coefficient (Wildman–Crippen LogP) is 2.80. The molecule has 2 aromatic heterocycles. The Balaban J connectivity index is 1.31. The summed E-state index contributed by atoms with van der Waals surface area (Å²) in [4.78, 5) is 16.6. The molecule has 1 saturated heterocycles. The molecular formula is C24H27N5O3S. The molecule has 0 atom stereocenters. The van der Waals surface area contributed by atoms with Gasteiger partial charge in [-0.15, -0.1) is 0 Å². The highest BCUT2D eigenvalue weighted by molar-refractivity contribution is 7.91. The lowest BCUT2D eigenvalue weighted by Gasteiger charge is -2.23. The van der Waals surface area contributed by atoms with E-state index in [1.54, 1.807) is 29.3 Å². The Hall–Kier alpha value is -3.30. The molecular weight excluding hydrogens is 438 g/mol. The maximum Gasteiger partial charge on any atom is 0.248 e. The molecule has 3 heterocycles. The molecule has 0 radical (unpaired) electrons. The first kappa shape index (κ1) is 22.9. The molecule has 0 spiro atoms. The van der Waals surface area contributed by atoms with Crippen molar-refractivity contribution in [3.63, 3.8) is 0 Å². The number of anilines is 1. The summed E-state index contributed by atoms with van der Waals surface area (Å²) < 4.78 is 24.8. The van der Waals surface area contributed by atoms with E-state index in [-0.39, 0.29) is 23.5 Å². The number of sulfone groups is 1. The van der Waals surface area contributed by atoms with Gasteiger partial charge in [0.25, 0.3) is 0 Å². The van der Waals surface area contributed by atoms with Crippen molar-refractivity contribution in [1.29, 1.82) is 0 Å². The maximum absolute atomic E-state index is 12.4. The van der Waals surface area contributed by atoms with E-state index < -0.39 is 9.84 Å². The Morgan fingerprint density at radius 1 is 1.15 bits per heavy atom. The summed E-state index contributed by atoms with van der Waals surface area (Å²) in [5.41, 5.74) is 4.52. The molecule has 1 fully saturated rings. The molecule has 1 aliphatic heterocycles. The number of carbonyl (C=O) groups is 1. The molecule has 1 aromatic carbocycles. The van der Waals surface area contributed by atoms with Gasteiger partial charge in [-0.05, 0) is 48.2 Å². The van der Waals surface area contributed by atoms with Gasteiger partial charge in [0.1, 0.15) is 9.84 Å². The number of carbonyl (C=O) groups excluding carboxylic acids is 1. The number of nitrogens with zero attached hydrogens (tertiary/aromatic N) is 3. The van der Waals surface area contributed by atoms with Crippen molar-refractivity contribution in [1.82, 2.24) is 20.1 Å². The molecule has 0 bridgehead atoms. The van der Waals surface area contributed by atoms with Gasteiger partial charge in [-0.25, -0.2) is 8.42 Å². The highest BCUT2D eigenvalue weighted by Gasteiger charge is 2.22. The highest BCUT2D eigenvalue weighted by Crippen LogP contribution is 2.23. The molecule has 9 heteroatoms. The molecule has 0 unspecified atom stereocenters. The van der Waals surface area contributed by atoms with Gasteiger partial charge in [-0.1, -0.05) is 12.1 Å². The molecule has 1 aliphatic rings. The van der Waals surface area contributed by atoms with Crippen molar-refractivity contribution in [3.8, 4) is 11.1 Å². The third-order valence-electron chi connectivity index (χ3n) is 5.65. The number of aromatic nitrogens is 3. The molecule has 1 amide bonds. The number of hydrogen-bond acceptors (Lipinski definition) is 6. The number of rotatable bonds is 7. The smallest absolute Gasteiger partial charge is 0.248 e. The summed E-state index contributed by atoms with van der Waals surface area (Å²) in [5.74, 6) is 0.281. The lowest BCUT2D eigenvalue weighted by atomic mass is 10.0. The van der Waals surface area contributed by atoms with Gasteiger partial charge < -0.3 is 10.6 Å². The van der Waals surface area contributed by atoms with Crippen LogP contribution in [-0.4, -0.2) is 46.6 Å². The Kier molecular flexibility index (Phi) is 7.00. The zero-order valence-electron chi connectivity index (χ0n) is 18.4. The van der Waals surface area contributed by atoms with Crippen molar-refractivity contribution in [2.24, 2.45) is 7.05 Å². The van der Waals surface area contributed by atoms with E-state index in [0.29, 0.717) is 25.1 Å². The minimum absolute atomic E-state index is 0.224. The third kappa shape index (κ3) is 6.36. The molecule has 0 saturated carbocycles. The van der Waals surface area contributed by atoms with Crippen molar-refractivity contribution in [2.45, 2.75) is 25.4 Å². The average molecular weight is 466 g/mol. The molecule has 8 nitrogen and oxygen atoms in total. The van der Waals surface area contributed by atoms with Crippen LogP contribution in [-0.2, 0) is 28.2 Å². The van der Waals surface area contributed by atoms with Crippen LogP contribution in [0.5, 0.6) is 0 Å². The van der Waals surface area contributed by atoms with Crippen molar-refractivity contribution in [2.75, 3.05) is 16.8 Å². The summed E-state index contributed by atoms with van der Waals surface area (Å²) in [6.45, 7) is 0.664. The zero-order chi connectivity index (χ0) is 23.3. The monoisotopic (exact) mass is 465 g/mol. The first-order valence-corrected chi connectivity index (χ1v) is 12.6. The van der Waals surface area contributed by atoms with E-state index in [4.69, 9.17) is 0 Å². The third-order valence-corrected chi connectivity index (χ3v) is 7.37. The van der Waals surface area contributed by atoms with E-state index in [1.807, 2.05) is 43.6 Å². The van der Waals surface area contributed by atoms with Crippen LogP contribution in [0.25, 0.3) is 17.2 Å². The number of hydrogen-bond donors (Lipinski definition) is 2. The first-order valence-electron chi connectivity index (χ1n) is 10.8. The molecule has 2 N–H and O–H groups in total. The molecule has 3 aromatic rings. The number of benzene rings is 1. The summed E-state index contributed by atoms with van der Waals surface area (Å²) in [5, 5.41) is 10.5. The number of nitrogens with one attached hydrogen (secondary N) is 2. The molecule has 33 heavy (non-hydrogen) atoms.